The van der Waals surface area contributed by atoms with E-state index < -0.39 is 11.8 Å². The largest absolute Gasteiger partial charge is 0.465 e. The molecule has 0 saturated heterocycles. The zero-order valence-electron chi connectivity index (χ0n) is 13.7. The molecule has 2 aromatic heterocycles. The van der Waals surface area contributed by atoms with Gasteiger partial charge in [-0.15, -0.1) is 0 Å². The Balaban J connectivity index is 1.86. The van der Waals surface area contributed by atoms with E-state index in [0.29, 0.717) is 33.2 Å². The van der Waals surface area contributed by atoms with Gasteiger partial charge in [-0.1, -0.05) is 11.6 Å². The summed E-state index contributed by atoms with van der Waals surface area (Å²) < 4.78 is 20.5. The molecule has 1 fully saturated rings. The lowest BCUT2D eigenvalue weighted by molar-refractivity contribution is 0.0595. The van der Waals surface area contributed by atoms with Gasteiger partial charge in [0.05, 0.1) is 46.5 Å². The van der Waals surface area contributed by atoms with Crippen LogP contribution in [0.2, 0.25) is 5.02 Å². The Labute approximate surface area is 148 Å². The van der Waals surface area contributed by atoms with Crippen molar-refractivity contribution in [1.82, 2.24) is 14.8 Å². The summed E-state index contributed by atoms with van der Waals surface area (Å²) in [5.74, 6) is -0.933. The molecule has 0 unspecified atom stereocenters. The Morgan fingerprint density at radius 2 is 2.12 bits per heavy atom. The van der Waals surface area contributed by atoms with Crippen molar-refractivity contribution in [3.63, 3.8) is 0 Å². The number of hydrogen-bond donors (Lipinski definition) is 0. The van der Waals surface area contributed by atoms with Gasteiger partial charge in [0.2, 0.25) is 0 Å². The van der Waals surface area contributed by atoms with Crippen LogP contribution in [0, 0.1) is 12.7 Å². The number of halogens is 2. The fourth-order valence-electron chi connectivity index (χ4n) is 2.96. The minimum absolute atomic E-state index is 0.113. The molecule has 0 N–H and O–H groups in total. The number of ether oxygens (including phenoxy) is 1. The third-order valence-corrected chi connectivity index (χ3v) is 4.73. The van der Waals surface area contributed by atoms with Crippen molar-refractivity contribution >= 4 is 28.5 Å². The van der Waals surface area contributed by atoms with Crippen molar-refractivity contribution in [1.29, 1.82) is 0 Å². The van der Waals surface area contributed by atoms with Gasteiger partial charge in [0, 0.05) is 17.4 Å². The first kappa shape index (κ1) is 16.0. The molecule has 0 bridgehead atoms. The van der Waals surface area contributed by atoms with Crippen molar-refractivity contribution in [2.24, 2.45) is 0 Å². The molecule has 0 amide bonds. The summed E-state index contributed by atoms with van der Waals surface area (Å²) >= 11 is 6.35. The molecule has 7 heteroatoms. The van der Waals surface area contributed by atoms with Crippen molar-refractivity contribution in [3.05, 3.63) is 52.2 Å². The number of fused-ring (bicyclic) bond motifs is 1. The highest BCUT2D eigenvalue weighted by atomic mass is 35.5. The first-order valence-electron chi connectivity index (χ1n) is 7.92. The molecule has 0 spiro atoms. The van der Waals surface area contributed by atoms with Gasteiger partial charge in [-0.25, -0.2) is 13.9 Å². The monoisotopic (exact) mass is 359 g/mol. The molecule has 128 valence electrons. The summed E-state index contributed by atoms with van der Waals surface area (Å²) in [5.41, 5.74) is 2.65. The van der Waals surface area contributed by atoms with Crippen LogP contribution in [0.1, 0.15) is 40.5 Å². The number of benzene rings is 1. The zero-order chi connectivity index (χ0) is 17.7. The summed E-state index contributed by atoms with van der Waals surface area (Å²) in [6.45, 7) is 1.80. The van der Waals surface area contributed by atoms with Crippen LogP contribution in [-0.4, -0.2) is 27.8 Å². The summed E-state index contributed by atoms with van der Waals surface area (Å²) in [6.07, 6.45) is 3.91. The van der Waals surface area contributed by atoms with E-state index >= 15 is 0 Å². The van der Waals surface area contributed by atoms with E-state index in [9.17, 15) is 9.18 Å². The molecular formula is C18H15ClFN3O2. The highest BCUT2D eigenvalue weighted by molar-refractivity contribution is 6.31. The molecule has 1 aliphatic carbocycles. The maximum atomic E-state index is 14.3. The average Bonchev–Trinajstić information content (AvgIpc) is 3.38. The van der Waals surface area contributed by atoms with Gasteiger partial charge < -0.3 is 4.74 Å². The molecule has 1 aromatic carbocycles. The summed E-state index contributed by atoms with van der Waals surface area (Å²) in [7, 11) is 1.22. The van der Waals surface area contributed by atoms with E-state index in [2.05, 4.69) is 14.8 Å². The van der Waals surface area contributed by atoms with E-state index in [-0.39, 0.29) is 5.56 Å². The normalized spacial score (nSPS) is 14.1. The molecule has 3 aromatic rings. The number of rotatable bonds is 3. The summed E-state index contributed by atoms with van der Waals surface area (Å²) in [6, 6.07) is 4.54. The number of nitrogens with zero attached hydrogens (tertiary/aromatic N) is 3. The molecule has 25 heavy (non-hydrogen) atoms. The first-order chi connectivity index (χ1) is 12.0. The maximum absolute atomic E-state index is 14.3. The van der Waals surface area contributed by atoms with Gasteiger partial charge in [-0.05, 0) is 31.9 Å². The van der Waals surface area contributed by atoms with Crippen molar-refractivity contribution < 1.29 is 13.9 Å². The van der Waals surface area contributed by atoms with Crippen LogP contribution in [0.5, 0.6) is 0 Å². The van der Waals surface area contributed by atoms with Gasteiger partial charge in [0.15, 0.2) is 0 Å². The fourth-order valence-corrected chi connectivity index (χ4v) is 3.28. The first-order valence-corrected chi connectivity index (χ1v) is 8.30. The highest BCUT2D eigenvalue weighted by Crippen LogP contribution is 2.42. The third kappa shape index (κ3) is 2.66. The zero-order valence-corrected chi connectivity index (χ0v) is 14.5. The number of carbonyl (C=O) groups is 1. The second-order valence-electron chi connectivity index (χ2n) is 6.17. The van der Waals surface area contributed by atoms with Gasteiger partial charge in [-0.2, -0.15) is 5.10 Å². The third-order valence-electron chi connectivity index (χ3n) is 4.42. The second kappa shape index (κ2) is 5.81. The van der Waals surface area contributed by atoms with E-state index in [1.165, 1.54) is 19.2 Å². The minimum atomic E-state index is -0.718. The lowest BCUT2D eigenvalue weighted by Gasteiger charge is -2.07. The number of hydrogen-bond acceptors (Lipinski definition) is 4. The maximum Gasteiger partial charge on any atom is 0.340 e. The predicted octanol–water partition coefficient (Wildman–Crippen LogP) is 4.19. The Morgan fingerprint density at radius 1 is 1.36 bits per heavy atom. The number of pyridine rings is 1. The Morgan fingerprint density at radius 3 is 2.76 bits per heavy atom. The van der Waals surface area contributed by atoms with E-state index in [1.54, 1.807) is 23.9 Å². The van der Waals surface area contributed by atoms with Crippen LogP contribution < -0.4 is 0 Å². The van der Waals surface area contributed by atoms with Crippen LogP contribution in [0.3, 0.4) is 0 Å². The van der Waals surface area contributed by atoms with E-state index in [1.807, 2.05) is 0 Å². The van der Waals surface area contributed by atoms with Crippen molar-refractivity contribution in [3.8, 4) is 5.69 Å². The standard InChI is InChI=1S/C18H15ClFN3O2/c1-9-12-6-13(18(24)25-2)15(20)7-16(12)23(22-9)11-5-14(19)17(21-8-11)10-3-4-10/h5-8,10H,3-4H2,1-2H3. The predicted molar refractivity (Wildman–Crippen MR) is 91.9 cm³/mol. The van der Waals surface area contributed by atoms with Crippen LogP contribution in [0.25, 0.3) is 16.6 Å². The van der Waals surface area contributed by atoms with Crippen molar-refractivity contribution in [2.45, 2.75) is 25.7 Å². The molecule has 0 radical (unpaired) electrons. The van der Waals surface area contributed by atoms with Crippen LogP contribution in [0.15, 0.2) is 24.4 Å². The number of methoxy groups -OCH3 is 1. The molecule has 1 aliphatic rings. The van der Waals surface area contributed by atoms with Gasteiger partial charge >= 0.3 is 5.97 Å². The average molecular weight is 360 g/mol. The van der Waals surface area contributed by atoms with Gasteiger partial charge in [0.25, 0.3) is 0 Å². The molecular weight excluding hydrogens is 345 g/mol. The fraction of sp³-hybridized carbons (Fsp3) is 0.278. The molecule has 0 atom stereocenters. The Bertz CT molecular complexity index is 1010. The summed E-state index contributed by atoms with van der Waals surface area (Å²) in [5, 5.41) is 5.72. The van der Waals surface area contributed by atoms with Crippen LogP contribution in [0.4, 0.5) is 4.39 Å². The second-order valence-corrected chi connectivity index (χ2v) is 6.58. The molecule has 4 rings (SSSR count). The van der Waals surface area contributed by atoms with Crippen molar-refractivity contribution in [2.75, 3.05) is 7.11 Å². The lowest BCUT2D eigenvalue weighted by atomic mass is 10.1. The minimum Gasteiger partial charge on any atom is -0.465 e. The van der Waals surface area contributed by atoms with E-state index in [0.717, 1.165) is 18.5 Å². The molecule has 5 nitrogen and oxygen atoms in total. The number of esters is 1. The lowest BCUT2D eigenvalue weighted by Crippen LogP contribution is -2.05. The van der Waals surface area contributed by atoms with Gasteiger partial charge in [-0.3, -0.25) is 4.98 Å². The SMILES string of the molecule is COC(=O)c1cc2c(C)nn(-c3cnc(C4CC4)c(Cl)c3)c2cc1F. The van der Waals surface area contributed by atoms with Gasteiger partial charge in [0.1, 0.15) is 5.82 Å². The van der Waals surface area contributed by atoms with Crippen LogP contribution >= 0.6 is 11.6 Å². The molecule has 2 heterocycles. The topological polar surface area (TPSA) is 57.0 Å². The highest BCUT2D eigenvalue weighted by Gasteiger charge is 2.27. The number of aromatic nitrogens is 3. The Kier molecular flexibility index (Phi) is 3.72. The number of aryl methyl sites for hydroxylation is 1. The smallest absolute Gasteiger partial charge is 0.340 e. The summed E-state index contributed by atoms with van der Waals surface area (Å²) in [4.78, 5) is 16.2. The molecule has 0 aliphatic heterocycles. The van der Waals surface area contributed by atoms with E-state index in [4.69, 9.17) is 11.6 Å². The molecule has 1 saturated carbocycles. The van der Waals surface area contributed by atoms with Crippen LogP contribution in [-0.2, 0) is 4.74 Å². The number of carbonyl (C=O) groups excluding carboxylic acids is 1. The Hall–Kier alpha value is -2.47. The quantitative estimate of drug-likeness (QED) is 0.658.